The van der Waals surface area contributed by atoms with Crippen LogP contribution in [0.5, 0.6) is 0 Å². The van der Waals surface area contributed by atoms with Gasteiger partial charge in [0.15, 0.2) is 0 Å². The highest BCUT2D eigenvalue weighted by Gasteiger charge is 2.07. The highest BCUT2D eigenvalue weighted by molar-refractivity contribution is 9.10. The minimum Gasteiger partial charge on any atom is -0.306 e. The largest absolute Gasteiger partial charge is 0.306 e. The standard InChI is InChI=1S/C15H14BrClFN/c1-10(11-2-4-13(17)5-3-11)19-9-12-8-14(18)6-7-15(12)16/h2-8,10,19H,9H2,1H3/t10-/m1/s1. The summed E-state index contributed by atoms with van der Waals surface area (Å²) in [6.45, 7) is 2.67. The zero-order valence-electron chi connectivity index (χ0n) is 10.5. The van der Waals surface area contributed by atoms with Gasteiger partial charge in [-0.05, 0) is 48.4 Å². The molecule has 0 heterocycles. The third-order valence-electron chi connectivity index (χ3n) is 2.98. The summed E-state index contributed by atoms with van der Waals surface area (Å²) in [5.41, 5.74) is 2.05. The molecular weight excluding hydrogens is 329 g/mol. The Morgan fingerprint density at radius 3 is 2.58 bits per heavy atom. The van der Waals surface area contributed by atoms with E-state index in [1.54, 1.807) is 6.07 Å². The van der Waals surface area contributed by atoms with Crippen LogP contribution in [0.1, 0.15) is 24.1 Å². The fourth-order valence-electron chi connectivity index (χ4n) is 1.81. The molecule has 4 heteroatoms. The third kappa shape index (κ3) is 4.03. The Morgan fingerprint density at radius 2 is 1.89 bits per heavy atom. The van der Waals surface area contributed by atoms with Crippen LogP contribution >= 0.6 is 27.5 Å². The van der Waals surface area contributed by atoms with Crippen LogP contribution < -0.4 is 5.32 Å². The van der Waals surface area contributed by atoms with Crippen molar-refractivity contribution < 1.29 is 4.39 Å². The highest BCUT2D eigenvalue weighted by atomic mass is 79.9. The number of hydrogen-bond donors (Lipinski definition) is 1. The molecule has 2 rings (SSSR count). The summed E-state index contributed by atoms with van der Waals surface area (Å²) in [4.78, 5) is 0. The van der Waals surface area contributed by atoms with E-state index in [-0.39, 0.29) is 11.9 Å². The number of halogens is 3. The molecule has 0 spiro atoms. The number of benzene rings is 2. The van der Waals surface area contributed by atoms with E-state index < -0.39 is 0 Å². The summed E-state index contributed by atoms with van der Waals surface area (Å²) < 4.78 is 14.1. The van der Waals surface area contributed by atoms with Gasteiger partial charge in [0.25, 0.3) is 0 Å². The van der Waals surface area contributed by atoms with Crippen LogP contribution in [0.3, 0.4) is 0 Å². The molecule has 0 saturated heterocycles. The van der Waals surface area contributed by atoms with Gasteiger partial charge in [0.2, 0.25) is 0 Å². The van der Waals surface area contributed by atoms with Crippen LogP contribution in [0, 0.1) is 5.82 Å². The lowest BCUT2D eigenvalue weighted by Gasteiger charge is -2.15. The van der Waals surface area contributed by atoms with Gasteiger partial charge < -0.3 is 5.32 Å². The molecule has 2 aromatic rings. The topological polar surface area (TPSA) is 12.0 Å². The fraction of sp³-hybridized carbons (Fsp3) is 0.200. The minimum atomic E-state index is -0.223. The van der Waals surface area contributed by atoms with E-state index in [2.05, 4.69) is 28.2 Å². The molecule has 0 radical (unpaired) electrons. The fourth-order valence-corrected chi connectivity index (χ4v) is 2.32. The second kappa shape index (κ2) is 6.51. The van der Waals surface area contributed by atoms with E-state index >= 15 is 0 Å². The van der Waals surface area contributed by atoms with Crippen molar-refractivity contribution in [3.05, 3.63) is 68.9 Å². The predicted octanol–water partition coefficient (Wildman–Crippen LogP) is 5.09. The molecular formula is C15H14BrClFN. The van der Waals surface area contributed by atoms with Crippen molar-refractivity contribution in [2.45, 2.75) is 19.5 Å². The molecule has 0 aliphatic rings. The summed E-state index contributed by atoms with van der Waals surface area (Å²) in [5.74, 6) is -0.223. The maximum absolute atomic E-state index is 13.2. The van der Waals surface area contributed by atoms with Crippen molar-refractivity contribution >= 4 is 27.5 Å². The van der Waals surface area contributed by atoms with Crippen LogP contribution in [-0.2, 0) is 6.54 Å². The molecule has 19 heavy (non-hydrogen) atoms. The van der Waals surface area contributed by atoms with E-state index in [1.165, 1.54) is 12.1 Å². The Morgan fingerprint density at radius 1 is 1.21 bits per heavy atom. The van der Waals surface area contributed by atoms with Gasteiger partial charge in [-0.25, -0.2) is 4.39 Å². The molecule has 0 fully saturated rings. The lowest BCUT2D eigenvalue weighted by atomic mass is 10.1. The van der Waals surface area contributed by atoms with Crippen molar-refractivity contribution in [2.24, 2.45) is 0 Å². The zero-order valence-corrected chi connectivity index (χ0v) is 12.8. The first-order valence-corrected chi connectivity index (χ1v) is 7.16. The zero-order chi connectivity index (χ0) is 13.8. The van der Waals surface area contributed by atoms with E-state index in [0.29, 0.717) is 6.54 Å². The molecule has 1 N–H and O–H groups in total. The Labute approximate surface area is 125 Å². The van der Waals surface area contributed by atoms with Crippen molar-refractivity contribution in [3.8, 4) is 0 Å². The van der Waals surface area contributed by atoms with Gasteiger partial charge in [-0.2, -0.15) is 0 Å². The molecule has 0 bridgehead atoms. The summed E-state index contributed by atoms with van der Waals surface area (Å²) in [5, 5.41) is 4.09. The first-order valence-electron chi connectivity index (χ1n) is 5.99. The van der Waals surface area contributed by atoms with Crippen molar-refractivity contribution in [1.82, 2.24) is 5.32 Å². The van der Waals surface area contributed by atoms with Crippen LogP contribution in [0.4, 0.5) is 4.39 Å². The summed E-state index contributed by atoms with van der Waals surface area (Å²) >= 11 is 9.28. The number of nitrogens with one attached hydrogen (secondary N) is 1. The van der Waals surface area contributed by atoms with Gasteiger partial charge in [-0.1, -0.05) is 39.7 Å². The molecule has 1 nitrogen and oxygen atoms in total. The molecule has 0 aromatic heterocycles. The molecule has 0 saturated carbocycles. The molecule has 0 aliphatic carbocycles. The second-order valence-electron chi connectivity index (χ2n) is 4.39. The van der Waals surface area contributed by atoms with Gasteiger partial charge in [-0.15, -0.1) is 0 Å². The smallest absolute Gasteiger partial charge is 0.123 e. The molecule has 1 atom stereocenters. The number of rotatable bonds is 4. The molecule has 0 amide bonds. The summed E-state index contributed by atoms with van der Waals surface area (Å²) in [6, 6.07) is 12.6. The van der Waals surface area contributed by atoms with Crippen LogP contribution in [-0.4, -0.2) is 0 Å². The van der Waals surface area contributed by atoms with Gasteiger partial charge in [0.05, 0.1) is 0 Å². The Kier molecular flexibility index (Phi) is 4.97. The monoisotopic (exact) mass is 341 g/mol. The average Bonchev–Trinajstić information content (AvgIpc) is 2.40. The normalized spacial score (nSPS) is 12.4. The molecule has 0 aliphatic heterocycles. The van der Waals surface area contributed by atoms with E-state index in [9.17, 15) is 4.39 Å². The second-order valence-corrected chi connectivity index (χ2v) is 5.68. The predicted molar refractivity (Wildman–Crippen MR) is 80.8 cm³/mol. The van der Waals surface area contributed by atoms with Crippen LogP contribution in [0.25, 0.3) is 0 Å². The third-order valence-corrected chi connectivity index (χ3v) is 4.00. The maximum atomic E-state index is 13.2. The Balaban J connectivity index is 2.02. The Hall–Kier alpha value is -0.900. The average molecular weight is 343 g/mol. The summed E-state index contributed by atoms with van der Waals surface area (Å²) in [7, 11) is 0. The van der Waals surface area contributed by atoms with Gasteiger partial charge in [-0.3, -0.25) is 0 Å². The molecule has 0 unspecified atom stereocenters. The summed E-state index contributed by atoms with van der Waals surface area (Å²) in [6.07, 6.45) is 0. The van der Waals surface area contributed by atoms with Crippen LogP contribution in [0.2, 0.25) is 5.02 Å². The highest BCUT2D eigenvalue weighted by Crippen LogP contribution is 2.20. The van der Waals surface area contributed by atoms with Crippen LogP contribution in [0.15, 0.2) is 46.9 Å². The molecule has 100 valence electrons. The molecule has 2 aromatic carbocycles. The van der Waals surface area contributed by atoms with Crippen molar-refractivity contribution in [3.63, 3.8) is 0 Å². The van der Waals surface area contributed by atoms with Crippen molar-refractivity contribution in [2.75, 3.05) is 0 Å². The van der Waals surface area contributed by atoms with E-state index in [0.717, 1.165) is 20.6 Å². The quantitative estimate of drug-likeness (QED) is 0.816. The van der Waals surface area contributed by atoms with E-state index in [1.807, 2.05) is 24.3 Å². The number of hydrogen-bond acceptors (Lipinski definition) is 1. The first-order chi connectivity index (χ1) is 9.06. The lowest BCUT2D eigenvalue weighted by molar-refractivity contribution is 0.568. The lowest BCUT2D eigenvalue weighted by Crippen LogP contribution is -2.18. The van der Waals surface area contributed by atoms with Gasteiger partial charge >= 0.3 is 0 Å². The SMILES string of the molecule is C[C@@H](NCc1cc(F)ccc1Br)c1ccc(Cl)cc1. The van der Waals surface area contributed by atoms with Gasteiger partial charge in [0, 0.05) is 22.1 Å². The minimum absolute atomic E-state index is 0.174. The first kappa shape index (κ1) is 14.5. The Bertz CT molecular complexity index is 557. The van der Waals surface area contributed by atoms with E-state index in [4.69, 9.17) is 11.6 Å². The van der Waals surface area contributed by atoms with Crippen molar-refractivity contribution in [1.29, 1.82) is 0 Å². The van der Waals surface area contributed by atoms with Gasteiger partial charge in [0.1, 0.15) is 5.82 Å². The maximum Gasteiger partial charge on any atom is 0.123 e.